The fourth-order valence-electron chi connectivity index (χ4n) is 0.270. The van der Waals surface area contributed by atoms with Crippen molar-refractivity contribution in [3.05, 3.63) is 0 Å². The molecule has 0 fully saturated rings. The van der Waals surface area contributed by atoms with Gasteiger partial charge in [0.05, 0.1) is 12.0 Å². The van der Waals surface area contributed by atoms with Gasteiger partial charge in [0.25, 0.3) is 0 Å². The van der Waals surface area contributed by atoms with Gasteiger partial charge in [0.2, 0.25) is 0 Å². The molecule has 0 atom stereocenters. The number of nitrogens with two attached hydrogens (primary N) is 1. The SMILES string of the molecule is CC(C)(CON)C(=O)O. The van der Waals surface area contributed by atoms with E-state index >= 15 is 0 Å². The molecule has 3 N–H and O–H groups in total. The Morgan fingerprint density at radius 2 is 2.22 bits per heavy atom. The first-order chi connectivity index (χ1) is 4.00. The summed E-state index contributed by atoms with van der Waals surface area (Å²) in [5.74, 6) is 3.78. The molecule has 0 rings (SSSR count). The molecule has 0 aromatic heterocycles. The van der Waals surface area contributed by atoms with Crippen molar-refractivity contribution in [3.8, 4) is 0 Å². The van der Waals surface area contributed by atoms with E-state index in [1.165, 1.54) is 0 Å². The van der Waals surface area contributed by atoms with Crippen LogP contribution in [0.1, 0.15) is 13.8 Å². The summed E-state index contributed by atoms with van der Waals surface area (Å²) in [5.41, 5.74) is -0.880. The number of hydrogen-bond acceptors (Lipinski definition) is 3. The monoisotopic (exact) mass is 133 g/mol. The molecule has 0 aromatic carbocycles. The fraction of sp³-hybridized carbons (Fsp3) is 0.800. The molecule has 0 aliphatic carbocycles. The Hall–Kier alpha value is -0.610. The van der Waals surface area contributed by atoms with Gasteiger partial charge in [-0.15, -0.1) is 0 Å². The maximum Gasteiger partial charge on any atom is 0.311 e. The Morgan fingerprint density at radius 1 is 1.78 bits per heavy atom. The molecular formula is C5H11NO3. The molecule has 0 amide bonds. The van der Waals surface area contributed by atoms with Crippen LogP contribution >= 0.6 is 0 Å². The summed E-state index contributed by atoms with van der Waals surface area (Å²) in [4.78, 5) is 14.5. The van der Waals surface area contributed by atoms with E-state index in [9.17, 15) is 4.79 Å². The lowest BCUT2D eigenvalue weighted by atomic mass is 9.96. The van der Waals surface area contributed by atoms with E-state index in [1.54, 1.807) is 13.8 Å². The number of aliphatic carboxylic acids is 1. The first-order valence-electron chi connectivity index (χ1n) is 2.56. The van der Waals surface area contributed by atoms with Gasteiger partial charge in [0.1, 0.15) is 0 Å². The Balaban J connectivity index is 3.85. The van der Waals surface area contributed by atoms with Crippen molar-refractivity contribution in [2.45, 2.75) is 13.8 Å². The maximum absolute atomic E-state index is 10.3. The molecule has 0 aliphatic heterocycles. The Bertz CT molecular complexity index is 111. The molecule has 0 aromatic rings. The van der Waals surface area contributed by atoms with Crippen LogP contribution in [0.5, 0.6) is 0 Å². The summed E-state index contributed by atoms with van der Waals surface area (Å²) >= 11 is 0. The van der Waals surface area contributed by atoms with Crippen molar-refractivity contribution in [3.63, 3.8) is 0 Å². The van der Waals surface area contributed by atoms with Gasteiger partial charge in [0.15, 0.2) is 0 Å². The van der Waals surface area contributed by atoms with Gasteiger partial charge in [-0.25, -0.2) is 5.90 Å². The third-order valence-electron chi connectivity index (χ3n) is 1.02. The number of carboxylic acids is 1. The van der Waals surface area contributed by atoms with Crippen molar-refractivity contribution in [2.75, 3.05) is 6.61 Å². The predicted octanol–water partition coefficient (Wildman–Crippen LogP) is -0.0125. The lowest BCUT2D eigenvalue weighted by Gasteiger charge is -2.15. The summed E-state index contributed by atoms with van der Waals surface area (Å²) in [6, 6.07) is 0. The van der Waals surface area contributed by atoms with E-state index in [4.69, 9.17) is 5.11 Å². The Kier molecular flexibility index (Phi) is 2.61. The van der Waals surface area contributed by atoms with Gasteiger partial charge < -0.3 is 9.94 Å². The molecule has 9 heavy (non-hydrogen) atoms. The van der Waals surface area contributed by atoms with Crippen molar-refractivity contribution in [1.82, 2.24) is 0 Å². The summed E-state index contributed by atoms with van der Waals surface area (Å²) in [6.45, 7) is 3.12. The molecule has 4 heteroatoms. The molecule has 0 bridgehead atoms. The number of carbonyl (C=O) groups is 1. The Morgan fingerprint density at radius 3 is 2.33 bits per heavy atom. The quantitative estimate of drug-likeness (QED) is 0.531. The van der Waals surface area contributed by atoms with Gasteiger partial charge in [-0.2, -0.15) is 0 Å². The van der Waals surface area contributed by atoms with Crippen LogP contribution in [0.15, 0.2) is 0 Å². The van der Waals surface area contributed by atoms with Crippen LogP contribution in [0.25, 0.3) is 0 Å². The fourth-order valence-corrected chi connectivity index (χ4v) is 0.270. The molecule has 0 radical (unpaired) electrons. The second-order valence-electron chi connectivity index (χ2n) is 2.50. The predicted molar refractivity (Wildman–Crippen MR) is 31.6 cm³/mol. The normalized spacial score (nSPS) is 11.4. The second kappa shape index (κ2) is 2.80. The van der Waals surface area contributed by atoms with Crippen molar-refractivity contribution in [1.29, 1.82) is 0 Å². The first-order valence-corrected chi connectivity index (χ1v) is 2.56. The highest BCUT2D eigenvalue weighted by molar-refractivity contribution is 5.73. The Labute approximate surface area is 53.6 Å². The molecule has 0 spiro atoms. The zero-order valence-electron chi connectivity index (χ0n) is 5.55. The average molecular weight is 133 g/mol. The lowest BCUT2D eigenvalue weighted by Crippen LogP contribution is -2.30. The highest BCUT2D eigenvalue weighted by Gasteiger charge is 2.26. The maximum atomic E-state index is 10.3. The van der Waals surface area contributed by atoms with Crippen LogP contribution < -0.4 is 5.90 Å². The van der Waals surface area contributed by atoms with Crippen LogP contribution in [-0.2, 0) is 9.63 Å². The van der Waals surface area contributed by atoms with E-state index < -0.39 is 11.4 Å². The van der Waals surface area contributed by atoms with E-state index in [1.807, 2.05) is 0 Å². The molecule has 4 nitrogen and oxygen atoms in total. The lowest BCUT2D eigenvalue weighted by molar-refractivity contribution is -0.150. The minimum absolute atomic E-state index is 0.0301. The topological polar surface area (TPSA) is 72.5 Å². The minimum Gasteiger partial charge on any atom is -0.481 e. The third-order valence-corrected chi connectivity index (χ3v) is 1.02. The second-order valence-corrected chi connectivity index (χ2v) is 2.50. The van der Waals surface area contributed by atoms with Crippen LogP contribution in [0.4, 0.5) is 0 Å². The first kappa shape index (κ1) is 8.39. The minimum atomic E-state index is -0.909. The van der Waals surface area contributed by atoms with Gasteiger partial charge in [-0.3, -0.25) is 4.79 Å². The van der Waals surface area contributed by atoms with Crippen molar-refractivity contribution >= 4 is 5.97 Å². The van der Waals surface area contributed by atoms with Crippen LogP contribution in [0, 0.1) is 5.41 Å². The zero-order chi connectivity index (χ0) is 7.49. The number of hydrogen-bond donors (Lipinski definition) is 2. The molecule has 0 saturated heterocycles. The van der Waals surface area contributed by atoms with E-state index in [2.05, 4.69) is 10.7 Å². The summed E-state index contributed by atoms with van der Waals surface area (Å²) in [6.07, 6.45) is 0. The number of rotatable bonds is 3. The number of carboxylic acid groups (broad SMARTS) is 1. The molecule has 0 aliphatic rings. The van der Waals surface area contributed by atoms with E-state index in [0.29, 0.717) is 0 Å². The largest absolute Gasteiger partial charge is 0.481 e. The van der Waals surface area contributed by atoms with E-state index in [0.717, 1.165) is 0 Å². The summed E-state index contributed by atoms with van der Waals surface area (Å²) < 4.78 is 0. The van der Waals surface area contributed by atoms with Crippen molar-refractivity contribution < 1.29 is 14.7 Å². The van der Waals surface area contributed by atoms with Crippen LogP contribution in [0.2, 0.25) is 0 Å². The molecule has 0 heterocycles. The standard InChI is InChI=1S/C5H11NO3/c1-5(2,3-9-6)4(7)8/h3,6H2,1-2H3,(H,7,8). The van der Waals surface area contributed by atoms with Gasteiger partial charge >= 0.3 is 5.97 Å². The highest BCUT2D eigenvalue weighted by Crippen LogP contribution is 2.13. The van der Waals surface area contributed by atoms with Gasteiger partial charge in [-0.1, -0.05) is 0 Å². The average Bonchev–Trinajstić information content (AvgIpc) is 1.65. The third kappa shape index (κ3) is 2.43. The van der Waals surface area contributed by atoms with Crippen LogP contribution in [-0.4, -0.2) is 17.7 Å². The smallest absolute Gasteiger partial charge is 0.311 e. The zero-order valence-corrected chi connectivity index (χ0v) is 5.55. The van der Waals surface area contributed by atoms with E-state index in [-0.39, 0.29) is 6.61 Å². The summed E-state index contributed by atoms with van der Waals surface area (Å²) in [5, 5.41) is 8.44. The van der Waals surface area contributed by atoms with Gasteiger partial charge in [0, 0.05) is 0 Å². The molecular weight excluding hydrogens is 122 g/mol. The highest BCUT2D eigenvalue weighted by atomic mass is 16.6. The van der Waals surface area contributed by atoms with Crippen LogP contribution in [0.3, 0.4) is 0 Å². The molecule has 54 valence electrons. The van der Waals surface area contributed by atoms with Crippen molar-refractivity contribution in [2.24, 2.45) is 11.3 Å². The van der Waals surface area contributed by atoms with Gasteiger partial charge in [-0.05, 0) is 13.8 Å². The molecule has 0 unspecified atom stereocenters. The molecule has 0 saturated carbocycles. The summed E-state index contributed by atoms with van der Waals surface area (Å²) in [7, 11) is 0.